The van der Waals surface area contributed by atoms with Gasteiger partial charge in [0.05, 0.1) is 21.8 Å². The molecule has 1 aliphatic rings. The number of aliphatic carboxylic acids is 1. The predicted octanol–water partition coefficient (Wildman–Crippen LogP) is 2.11. The van der Waals surface area contributed by atoms with Crippen LogP contribution in [-0.2, 0) is 14.8 Å². The molecule has 0 saturated heterocycles. The van der Waals surface area contributed by atoms with Crippen molar-refractivity contribution in [3.63, 3.8) is 0 Å². The van der Waals surface area contributed by atoms with Gasteiger partial charge in [0.2, 0.25) is 15.7 Å². The van der Waals surface area contributed by atoms with Gasteiger partial charge in [0.25, 0.3) is 5.91 Å². The SMILES string of the molecule is O=C(NC(CCCCNC1NC=CCN1)(NS(=O)(=O)c1c(Cl)cccc1Cl)C(=O)O)c1ccc2[nH]ncc2c1. The number of carboxylic acid groups (broad SMARTS) is 1. The van der Waals surface area contributed by atoms with E-state index in [-0.39, 0.29) is 34.7 Å². The molecule has 7 N–H and O–H groups in total. The number of H-pyrrole nitrogens is 1. The van der Waals surface area contributed by atoms with Crippen LogP contribution in [0.1, 0.15) is 29.6 Å². The number of aromatic amines is 1. The summed E-state index contributed by atoms with van der Waals surface area (Å²) >= 11 is 12.2. The van der Waals surface area contributed by atoms with Gasteiger partial charge in [-0.1, -0.05) is 35.3 Å². The summed E-state index contributed by atoms with van der Waals surface area (Å²) in [5.74, 6) is -2.39. The van der Waals surface area contributed by atoms with Crippen molar-refractivity contribution in [2.75, 3.05) is 13.1 Å². The van der Waals surface area contributed by atoms with E-state index in [1.54, 1.807) is 6.07 Å². The quantitative estimate of drug-likeness (QED) is 0.122. The van der Waals surface area contributed by atoms with Crippen molar-refractivity contribution >= 4 is 56.0 Å². The molecule has 39 heavy (non-hydrogen) atoms. The fourth-order valence-corrected chi connectivity index (χ4v) is 6.53. The van der Waals surface area contributed by atoms with Crippen molar-refractivity contribution in [3.05, 3.63) is 70.5 Å². The number of nitrogens with zero attached hydrogens (tertiary/aromatic N) is 1. The Balaban J connectivity index is 1.58. The maximum absolute atomic E-state index is 13.4. The monoisotopic (exact) mass is 595 g/mol. The smallest absolute Gasteiger partial charge is 0.345 e. The molecule has 0 bridgehead atoms. The van der Waals surface area contributed by atoms with Crippen molar-refractivity contribution in [2.45, 2.75) is 36.1 Å². The Morgan fingerprint density at radius 2 is 1.92 bits per heavy atom. The lowest BCUT2D eigenvalue weighted by Crippen LogP contribution is -2.65. The van der Waals surface area contributed by atoms with Crippen LogP contribution in [0, 0.1) is 0 Å². The molecule has 0 radical (unpaired) electrons. The van der Waals surface area contributed by atoms with Crippen LogP contribution in [-0.4, -0.2) is 60.6 Å². The molecule has 1 amide bonds. The number of unbranched alkanes of at least 4 members (excludes halogenated alkanes) is 1. The minimum Gasteiger partial charge on any atom is -0.478 e. The fraction of sp³-hybridized carbons (Fsp3) is 0.292. The third-order valence-electron chi connectivity index (χ3n) is 6.04. The molecule has 1 aromatic heterocycles. The Bertz CT molecular complexity index is 1480. The molecule has 0 fully saturated rings. The van der Waals surface area contributed by atoms with E-state index in [1.807, 2.05) is 12.3 Å². The third kappa shape index (κ3) is 6.87. The van der Waals surface area contributed by atoms with Gasteiger partial charge < -0.3 is 15.7 Å². The summed E-state index contributed by atoms with van der Waals surface area (Å²) in [6.45, 7) is 1.18. The molecule has 2 atom stereocenters. The van der Waals surface area contributed by atoms with Gasteiger partial charge in [0, 0.05) is 17.5 Å². The molecule has 208 valence electrons. The maximum Gasteiger partial charge on any atom is 0.345 e. The fourth-order valence-electron chi connectivity index (χ4n) is 4.07. The van der Waals surface area contributed by atoms with E-state index in [9.17, 15) is 23.1 Å². The van der Waals surface area contributed by atoms with Crippen molar-refractivity contribution < 1.29 is 23.1 Å². The van der Waals surface area contributed by atoms with E-state index in [2.05, 4.69) is 36.2 Å². The highest BCUT2D eigenvalue weighted by Crippen LogP contribution is 2.30. The molecular formula is C24H27Cl2N7O5S. The summed E-state index contributed by atoms with van der Waals surface area (Å²) in [5, 5.41) is 29.1. The normalized spacial score (nSPS) is 16.9. The highest BCUT2D eigenvalue weighted by atomic mass is 35.5. The van der Waals surface area contributed by atoms with Crippen LogP contribution in [0.4, 0.5) is 0 Å². The zero-order chi connectivity index (χ0) is 28.0. The summed E-state index contributed by atoms with van der Waals surface area (Å²) in [7, 11) is -4.61. The first-order chi connectivity index (χ1) is 18.6. The second kappa shape index (κ2) is 12.3. The lowest BCUT2D eigenvalue weighted by atomic mass is 10.0. The summed E-state index contributed by atoms with van der Waals surface area (Å²) in [6.07, 6.45) is 5.54. The van der Waals surface area contributed by atoms with Crippen molar-refractivity contribution in [1.82, 2.24) is 36.2 Å². The van der Waals surface area contributed by atoms with Crippen LogP contribution in [0.2, 0.25) is 10.0 Å². The Hall–Kier alpha value is -3.20. The number of fused-ring (bicyclic) bond motifs is 1. The molecule has 15 heteroatoms. The number of carboxylic acids is 1. The molecule has 2 unspecified atom stereocenters. The van der Waals surface area contributed by atoms with E-state index >= 15 is 0 Å². The molecular weight excluding hydrogens is 569 g/mol. The summed E-state index contributed by atoms with van der Waals surface area (Å²) in [6, 6.07) is 8.70. The predicted molar refractivity (Wildman–Crippen MR) is 147 cm³/mol. The zero-order valence-electron chi connectivity index (χ0n) is 20.5. The lowest BCUT2D eigenvalue weighted by Gasteiger charge is -2.32. The van der Waals surface area contributed by atoms with Gasteiger partial charge >= 0.3 is 5.97 Å². The van der Waals surface area contributed by atoms with Gasteiger partial charge in [0.1, 0.15) is 11.2 Å². The number of benzene rings is 2. The third-order valence-corrected chi connectivity index (χ3v) is 8.49. The number of halogens is 2. The van der Waals surface area contributed by atoms with Gasteiger partial charge in [-0.15, -0.1) is 0 Å². The topological polar surface area (TPSA) is 177 Å². The highest BCUT2D eigenvalue weighted by molar-refractivity contribution is 7.89. The van der Waals surface area contributed by atoms with Gasteiger partial charge in [-0.2, -0.15) is 9.82 Å². The van der Waals surface area contributed by atoms with Crippen LogP contribution in [0.25, 0.3) is 10.9 Å². The highest BCUT2D eigenvalue weighted by Gasteiger charge is 2.44. The molecule has 2 aromatic carbocycles. The van der Waals surface area contributed by atoms with Crippen LogP contribution in [0.15, 0.2) is 59.8 Å². The van der Waals surface area contributed by atoms with E-state index in [0.29, 0.717) is 30.4 Å². The largest absolute Gasteiger partial charge is 0.478 e. The van der Waals surface area contributed by atoms with E-state index in [1.165, 1.54) is 36.5 Å². The number of sulfonamides is 1. The second-order valence-corrected chi connectivity index (χ2v) is 11.2. The number of nitrogens with one attached hydrogen (secondary N) is 6. The molecule has 0 spiro atoms. The molecule has 0 aliphatic carbocycles. The van der Waals surface area contributed by atoms with Gasteiger partial charge in [-0.05, 0) is 62.3 Å². The first-order valence-corrected chi connectivity index (χ1v) is 14.2. The Morgan fingerprint density at radius 1 is 1.15 bits per heavy atom. The Morgan fingerprint density at radius 3 is 2.62 bits per heavy atom. The number of carbonyl (C=O) groups is 2. The average Bonchev–Trinajstić information content (AvgIpc) is 3.36. The van der Waals surface area contributed by atoms with Gasteiger partial charge in [-0.25, -0.2) is 13.2 Å². The van der Waals surface area contributed by atoms with Crippen molar-refractivity contribution in [3.8, 4) is 0 Å². The average molecular weight is 596 g/mol. The summed E-state index contributed by atoms with van der Waals surface area (Å²) < 4.78 is 29.0. The Kier molecular flexibility index (Phi) is 9.10. The molecule has 1 aliphatic heterocycles. The van der Waals surface area contributed by atoms with E-state index in [0.717, 1.165) is 0 Å². The maximum atomic E-state index is 13.4. The van der Waals surface area contributed by atoms with Crippen LogP contribution < -0.4 is 26.0 Å². The number of hydrogen-bond donors (Lipinski definition) is 7. The zero-order valence-corrected chi connectivity index (χ0v) is 22.8. The number of hydrogen-bond acceptors (Lipinski definition) is 8. The van der Waals surface area contributed by atoms with E-state index < -0.39 is 32.5 Å². The van der Waals surface area contributed by atoms with Crippen LogP contribution >= 0.6 is 23.2 Å². The molecule has 2 heterocycles. The van der Waals surface area contributed by atoms with Crippen LogP contribution in [0.5, 0.6) is 0 Å². The summed E-state index contributed by atoms with van der Waals surface area (Å²) in [5.41, 5.74) is -1.61. The number of rotatable bonds is 12. The number of amides is 1. The van der Waals surface area contributed by atoms with E-state index in [4.69, 9.17) is 23.2 Å². The van der Waals surface area contributed by atoms with Crippen LogP contribution in [0.3, 0.4) is 0 Å². The standard InChI is InChI=1S/C24H27Cl2N7O5S/c25-17-5-3-6-18(26)20(17)39(37,38)33-24(22(35)36,9-1-2-10-27-23-28-11-4-12-29-23)31-21(34)15-7-8-19-16(13-15)14-30-32-19/h3-8,11,13-14,23,27-29,33H,1-2,9-10,12H2,(H,30,32)(H,31,34)(H,35,36). The van der Waals surface area contributed by atoms with Crippen molar-refractivity contribution in [2.24, 2.45) is 0 Å². The molecule has 4 rings (SSSR count). The summed E-state index contributed by atoms with van der Waals surface area (Å²) in [4.78, 5) is 25.4. The first kappa shape index (κ1) is 28.8. The number of aromatic nitrogens is 2. The minimum atomic E-state index is -4.61. The molecule has 0 saturated carbocycles. The Labute approximate surface area is 234 Å². The van der Waals surface area contributed by atoms with Gasteiger partial charge in [0.15, 0.2) is 0 Å². The lowest BCUT2D eigenvalue weighted by molar-refractivity contribution is -0.145. The molecule has 12 nitrogen and oxygen atoms in total. The second-order valence-electron chi connectivity index (χ2n) is 8.81. The number of carbonyl (C=O) groups excluding carboxylic acids is 1. The van der Waals surface area contributed by atoms with Gasteiger partial charge in [-0.3, -0.25) is 20.5 Å². The molecule has 3 aromatic rings. The first-order valence-electron chi connectivity index (χ1n) is 12.0. The minimum absolute atomic E-state index is 0.119. The van der Waals surface area contributed by atoms with Crippen molar-refractivity contribution in [1.29, 1.82) is 0 Å².